The number of halogens is 2. The minimum absolute atomic E-state index is 0. The fraction of sp³-hybridized carbons (Fsp3) is 0.529. The van der Waals surface area contributed by atoms with Gasteiger partial charge in [0.2, 0.25) is 5.91 Å². The largest absolute Gasteiger partial charge is 0.369 e. The van der Waals surface area contributed by atoms with E-state index >= 15 is 0 Å². The predicted octanol–water partition coefficient (Wildman–Crippen LogP) is 2.23. The van der Waals surface area contributed by atoms with E-state index in [1.807, 2.05) is 25.1 Å². The zero-order valence-electron chi connectivity index (χ0n) is 14.7. The first-order valence-corrected chi connectivity index (χ1v) is 8.76. The van der Waals surface area contributed by atoms with Crippen LogP contribution in [0.2, 0.25) is 5.02 Å². The highest BCUT2D eigenvalue weighted by atomic mass is 127. The molecule has 1 aromatic carbocycles. The average molecular weight is 480 g/mol. The van der Waals surface area contributed by atoms with Crippen molar-refractivity contribution in [2.45, 2.75) is 26.3 Å². The van der Waals surface area contributed by atoms with E-state index < -0.39 is 0 Å². The maximum Gasteiger partial charge on any atom is 0.216 e. The van der Waals surface area contributed by atoms with Crippen molar-refractivity contribution >= 4 is 53.1 Å². The number of carbonyl (C=O) groups is 1. The molecule has 0 bridgehead atoms. The van der Waals surface area contributed by atoms with Crippen molar-refractivity contribution in [3.63, 3.8) is 0 Å². The number of hydrogen-bond donors (Lipinski definition) is 3. The molecule has 2 rings (SSSR count). The van der Waals surface area contributed by atoms with Crippen molar-refractivity contribution in [1.82, 2.24) is 16.0 Å². The summed E-state index contributed by atoms with van der Waals surface area (Å²) in [7, 11) is 0. The Morgan fingerprint density at radius 1 is 1.40 bits per heavy atom. The topological polar surface area (TPSA) is 68.8 Å². The lowest BCUT2D eigenvalue weighted by atomic mass is 10.3. The maximum atomic E-state index is 10.9. The van der Waals surface area contributed by atoms with Crippen LogP contribution in [0, 0.1) is 0 Å². The molecule has 140 valence electrons. The van der Waals surface area contributed by atoms with Gasteiger partial charge in [-0.05, 0) is 31.5 Å². The summed E-state index contributed by atoms with van der Waals surface area (Å²) in [6.45, 7) is 7.36. The highest BCUT2D eigenvalue weighted by molar-refractivity contribution is 14.0. The normalized spacial score (nSPS) is 17.0. The number of anilines is 1. The fourth-order valence-electron chi connectivity index (χ4n) is 2.70. The van der Waals surface area contributed by atoms with Crippen molar-refractivity contribution in [3.8, 4) is 0 Å². The molecule has 1 unspecified atom stereocenters. The average Bonchev–Trinajstić information content (AvgIpc) is 3.00. The number of guanidine groups is 1. The lowest BCUT2D eigenvalue weighted by molar-refractivity contribution is -0.118. The summed E-state index contributed by atoms with van der Waals surface area (Å²) in [4.78, 5) is 17.7. The Bertz CT molecular complexity index is 584. The first-order chi connectivity index (χ1) is 11.6. The van der Waals surface area contributed by atoms with Gasteiger partial charge in [0.15, 0.2) is 5.96 Å². The molecular weight excluding hydrogens is 453 g/mol. The number of amides is 1. The lowest BCUT2D eigenvalue weighted by Gasteiger charge is -2.20. The summed E-state index contributed by atoms with van der Waals surface area (Å²) in [5.41, 5.74) is 1.15. The molecule has 1 aromatic rings. The number of aliphatic imine (C=N–C) groups is 1. The summed E-state index contributed by atoms with van der Waals surface area (Å²) in [6, 6.07) is 8.29. The van der Waals surface area contributed by atoms with Gasteiger partial charge >= 0.3 is 0 Å². The Hall–Kier alpha value is -1.22. The van der Waals surface area contributed by atoms with E-state index in [9.17, 15) is 4.79 Å². The smallest absolute Gasteiger partial charge is 0.216 e. The molecule has 8 heteroatoms. The van der Waals surface area contributed by atoms with Crippen LogP contribution in [0.15, 0.2) is 29.3 Å². The van der Waals surface area contributed by atoms with E-state index in [2.05, 4.69) is 31.9 Å². The van der Waals surface area contributed by atoms with Gasteiger partial charge in [-0.2, -0.15) is 0 Å². The molecule has 1 atom stereocenters. The standard InChI is InChI=1S/C17H26ClN5O.HI/c1-3-19-17(21-9-8-20-13(2)24)22-15-7-10-23(12-15)16-6-4-5-14(18)11-16;/h4-6,11,15H,3,7-10,12H2,1-2H3,(H,20,24)(H2,19,21,22);1H. The van der Waals surface area contributed by atoms with E-state index in [1.165, 1.54) is 6.92 Å². The van der Waals surface area contributed by atoms with Gasteiger partial charge in [0, 0.05) is 49.9 Å². The van der Waals surface area contributed by atoms with Gasteiger partial charge in [-0.15, -0.1) is 24.0 Å². The molecule has 1 amide bonds. The molecule has 1 heterocycles. The second kappa shape index (κ2) is 11.4. The SMILES string of the molecule is CCNC(=NCCNC(C)=O)NC1CCN(c2cccc(Cl)c2)C1.I. The molecule has 6 nitrogen and oxygen atoms in total. The Morgan fingerprint density at radius 2 is 2.20 bits per heavy atom. The van der Waals surface area contributed by atoms with Crippen LogP contribution in [0.3, 0.4) is 0 Å². The molecular formula is C17H27ClIN5O. The molecule has 1 aliphatic rings. The van der Waals surface area contributed by atoms with Crippen LogP contribution in [0.5, 0.6) is 0 Å². The van der Waals surface area contributed by atoms with E-state index in [1.54, 1.807) is 0 Å². The van der Waals surface area contributed by atoms with Crippen LogP contribution >= 0.6 is 35.6 Å². The Balaban J connectivity index is 0.00000312. The Morgan fingerprint density at radius 3 is 2.88 bits per heavy atom. The zero-order valence-corrected chi connectivity index (χ0v) is 17.8. The second-order valence-corrected chi connectivity index (χ2v) is 6.24. The third-order valence-corrected chi connectivity index (χ3v) is 4.04. The first kappa shape index (κ1) is 21.8. The van der Waals surface area contributed by atoms with Crippen molar-refractivity contribution in [2.24, 2.45) is 4.99 Å². The molecule has 0 saturated carbocycles. The van der Waals surface area contributed by atoms with Crippen LogP contribution < -0.4 is 20.9 Å². The van der Waals surface area contributed by atoms with Crippen molar-refractivity contribution in [3.05, 3.63) is 29.3 Å². The lowest BCUT2D eigenvalue weighted by Crippen LogP contribution is -2.45. The molecule has 0 aliphatic carbocycles. The number of nitrogens with one attached hydrogen (secondary N) is 3. The zero-order chi connectivity index (χ0) is 17.4. The van der Waals surface area contributed by atoms with Crippen molar-refractivity contribution < 1.29 is 4.79 Å². The van der Waals surface area contributed by atoms with Gasteiger partial charge in [0.05, 0.1) is 6.54 Å². The van der Waals surface area contributed by atoms with E-state index in [-0.39, 0.29) is 29.9 Å². The van der Waals surface area contributed by atoms with Crippen LogP contribution in [0.1, 0.15) is 20.3 Å². The summed E-state index contributed by atoms with van der Waals surface area (Å²) in [6.07, 6.45) is 1.04. The minimum Gasteiger partial charge on any atom is -0.369 e. The Kier molecular flexibility index (Phi) is 9.96. The molecule has 0 spiro atoms. The maximum absolute atomic E-state index is 10.9. The third-order valence-electron chi connectivity index (χ3n) is 3.80. The molecule has 1 saturated heterocycles. The summed E-state index contributed by atoms with van der Waals surface area (Å²) < 4.78 is 0. The van der Waals surface area contributed by atoms with Gasteiger partial charge in [0.25, 0.3) is 0 Å². The highest BCUT2D eigenvalue weighted by Crippen LogP contribution is 2.23. The Labute approximate surface area is 171 Å². The van der Waals surface area contributed by atoms with Gasteiger partial charge in [-0.1, -0.05) is 17.7 Å². The number of benzene rings is 1. The van der Waals surface area contributed by atoms with Gasteiger partial charge in [-0.25, -0.2) is 0 Å². The van der Waals surface area contributed by atoms with Gasteiger partial charge < -0.3 is 20.9 Å². The van der Waals surface area contributed by atoms with Crippen molar-refractivity contribution in [1.29, 1.82) is 0 Å². The molecule has 3 N–H and O–H groups in total. The number of carbonyl (C=O) groups excluding carboxylic acids is 1. The summed E-state index contributed by atoms with van der Waals surface area (Å²) in [5.74, 6) is 0.761. The van der Waals surface area contributed by atoms with Crippen LogP contribution in [-0.4, -0.2) is 50.6 Å². The second-order valence-electron chi connectivity index (χ2n) is 5.80. The quantitative estimate of drug-likeness (QED) is 0.253. The van der Waals surface area contributed by atoms with Gasteiger partial charge in [-0.3, -0.25) is 9.79 Å². The molecule has 0 aromatic heterocycles. The molecule has 1 fully saturated rings. The van der Waals surface area contributed by atoms with Crippen LogP contribution in [0.4, 0.5) is 5.69 Å². The summed E-state index contributed by atoms with van der Waals surface area (Å²) in [5, 5.41) is 10.2. The molecule has 0 radical (unpaired) electrons. The summed E-state index contributed by atoms with van der Waals surface area (Å²) >= 11 is 6.08. The van der Waals surface area contributed by atoms with E-state index in [4.69, 9.17) is 11.6 Å². The number of rotatable bonds is 6. The fourth-order valence-corrected chi connectivity index (χ4v) is 2.88. The molecule has 25 heavy (non-hydrogen) atoms. The van der Waals surface area contributed by atoms with E-state index in [0.717, 1.165) is 42.7 Å². The minimum atomic E-state index is -0.0314. The van der Waals surface area contributed by atoms with E-state index in [0.29, 0.717) is 19.1 Å². The van der Waals surface area contributed by atoms with Crippen molar-refractivity contribution in [2.75, 3.05) is 37.6 Å². The first-order valence-electron chi connectivity index (χ1n) is 8.38. The van der Waals surface area contributed by atoms with Crippen LogP contribution in [0.25, 0.3) is 0 Å². The van der Waals surface area contributed by atoms with Crippen LogP contribution in [-0.2, 0) is 4.79 Å². The highest BCUT2D eigenvalue weighted by Gasteiger charge is 2.23. The van der Waals surface area contributed by atoms with Gasteiger partial charge in [0.1, 0.15) is 0 Å². The third kappa shape index (κ3) is 7.68. The predicted molar refractivity (Wildman–Crippen MR) is 115 cm³/mol. The number of hydrogen-bond acceptors (Lipinski definition) is 3. The monoisotopic (exact) mass is 479 g/mol. The molecule has 1 aliphatic heterocycles. The number of nitrogens with zero attached hydrogens (tertiary/aromatic N) is 2.